The van der Waals surface area contributed by atoms with E-state index in [9.17, 15) is 0 Å². The molecular weight excluding hydrogens is 232 g/mol. The van der Waals surface area contributed by atoms with E-state index >= 15 is 0 Å². The van der Waals surface area contributed by atoms with Gasteiger partial charge in [0.15, 0.2) is 0 Å². The Bertz CT molecular complexity index is 133. The molecule has 0 radical (unpaired) electrons. The first-order chi connectivity index (χ1) is 6.33. The van der Waals surface area contributed by atoms with Crippen molar-refractivity contribution in [3.8, 4) is 0 Å². The van der Waals surface area contributed by atoms with E-state index in [1.54, 1.807) is 7.11 Å². The van der Waals surface area contributed by atoms with E-state index in [0.29, 0.717) is 5.41 Å². The van der Waals surface area contributed by atoms with Gasteiger partial charge in [0.1, 0.15) is 0 Å². The monoisotopic (exact) mass is 250 g/mol. The number of rotatable bonds is 5. The molecule has 2 nitrogen and oxygen atoms in total. The van der Waals surface area contributed by atoms with Crippen molar-refractivity contribution in [2.45, 2.75) is 25.7 Å². The Kier molecular flexibility index (Phi) is 5.29. The average Bonchev–Trinajstić information content (AvgIpc) is 2.20. The van der Waals surface area contributed by atoms with Gasteiger partial charge in [0.05, 0.1) is 0 Å². The predicted molar refractivity (Wildman–Crippen MR) is 57.4 cm³/mol. The van der Waals surface area contributed by atoms with Crippen LogP contribution in [0.25, 0.3) is 0 Å². The molecule has 3 heteroatoms. The van der Waals surface area contributed by atoms with Crippen LogP contribution in [0, 0.1) is 5.41 Å². The van der Waals surface area contributed by atoms with Crippen molar-refractivity contribution < 1.29 is 9.47 Å². The molecule has 1 saturated heterocycles. The summed E-state index contributed by atoms with van der Waals surface area (Å²) in [6, 6.07) is 0. The minimum absolute atomic E-state index is 0.483. The molecule has 0 unspecified atom stereocenters. The molecule has 13 heavy (non-hydrogen) atoms. The minimum atomic E-state index is 0.483. The van der Waals surface area contributed by atoms with E-state index in [0.717, 1.165) is 25.2 Å². The van der Waals surface area contributed by atoms with Gasteiger partial charge >= 0.3 is 0 Å². The van der Waals surface area contributed by atoms with E-state index in [1.807, 2.05) is 0 Å². The highest BCUT2D eigenvalue weighted by Gasteiger charge is 2.30. The lowest BCUT2D eigenvalue weighted by atomic mass is 9.78. The summed E-state index contributed by atoms with van der Waals surface area (Å²) in [6.07, 6.45) is 4.82. The van der Waals surface area contributed by atoms with Crippen LogP contribution in [-0.2, 0) is 9.47 Å². The first-order valence-electron chi connectivity index (χ1n) is 4.96. The molecule has 0 aliphatic carbocycles. The Labute approximate surface area is 89.1 Å². The van der Waals surface area contributed by atoms with Gasteiger partial charge in [0.25, 0.3) is 0 Å². The fourth-order valence-electron chi connectivity index (χ4n) is 1.85. The summed E-state index contributed by atoms with van der Waals surface area (Å²) < 4.78 is 10.5. The third-order valence-electron chi connectivity index (χ3n) is 2.89. The van der Waals surface area contributed by atoms with Crippen LogP contribution in [0.5, 0.6) is 0 Å². The third kappa shape index (κ3) is 3.56. The summed E-state index contributed by atoms with van der Waals surface area (Å²) in [4.78, 5) is 0. The maximum atomic E-state index is 5.38. The van der Waals surface area contributed by atoms with Gasteiger partial charge < -0.3 is 9.47 Å². The maximum absolute atomic E-state index is 5.38. The van der Waals surface area contributed by atoms with Gasteiger partial charge in [-0.05, 0) is 31.1 Å². The highest BCUT2D eigenvalue weighted by atomic mass is 79.9. The van der Waals surface area contributed by atoms with Gasteiger partial charge in [-0.3, -0.25) is 0 Å². The maximum Gasteiger partial charge on any atom is 0.0471 e. The van der Waals surface area contributed by atoms with Crippen LogP contribution in [0.1, 0.15) is 25.7 Å². The van der Waals surface area contributed by atoms with Crippen LogP contribution in [0.4, 0.5) is 0 Å². The second-order valence-electron chi connectivity index (χ2n) is 3.84. The SMILES string of the molecule is COCCCC1(CBr)CCOCC1. The van der Waals surface area contributed by atoms with E-state index in [4.69, 9.17) is 9.47 Å². The van der Waals surface area contributed by atoms with Gasteiger partial charge in [-0.25, -0.2) is 0 Å². The van der Waals surface area contributed by atoms with Gasteiger partial charge in [-0.15, -0.1) is 0 Å². The Morgan fingerprint density at radius 1 is 1.38 bits per heavy atom. The Morgan fingerprint density at radius 3 is 2.62 bits per heavy atom. The summed E-state index contributed by atoms with van der Waals surface area (Å²) in [6.45, 7) is 2.74. The smallest absolute Gasteiger partial charge is 0.0471 e. The lowest BCUT2D eigenvalue weighted by Crippen LogP contribution is -2.31. The second kappa shape index (κ2) is 5.99. The fraction of sp³-hybridized carbons (Fsp3) is 1.00. The van der Waals surface area contributed by atoms with Crippen molar-refractivity contribution in [3.63, 3.8) is 0 Å². The van der Waals surface area contributed by atoms with Crippen molar-refractivity contribution in [2.75, 3.05) is 32.3 Å². The minimum Gasteiger partial charge on any atom is -0.385 e. The lowest BCUT2D eigenvalue weighted by Gasteiger charge is -2.35. The van der Waals surface area contributed by atoms with Crippen LogP contribution < -0.4 is 0 Å². The standard InChI is InChI=1S/C10H19BrO2/c1-12-6-2-3-10(9-11)4-7-13-8-5-10/h2-9H2,1H3. The van der Waals surface area contributed by atoms with E-state index in [2.05, 4.69) is 15.9 Å². The number of methoxy groups -OCH3 is 1. The summed E-state index contributed by atoms with van der Waals surface area (Å²) in [5, 5.41) is 1.10. The van der Waals surface area contributed by atoms with Crippen LogP contribution in [0.15, 0.2) is 0 Å². The molecule has 1 aliphatic rings. The first kappa shape index (κ1) is 11.5. The van der Waals surface area contributed by atoms with Crippen LogP contribution in [0.3, 0.4) is 0 Å². The fourth-order valence-corrected chi connectivity index (χ4v) is 2.69. The van der Waals surface area contributed by atoms with Crippen molar-refractivity contribution in [1.82, 2.24) is 0 Å². The number of alkyl halides is 1. The van der Waals surface area contributed by atoms with Crippen molar-refractivity contribution in [2.24, 2.45) is 5.41 Å². The summed E-state index contributed by atoms with van der Waals surface area (Å²) >= 11 is 3.62. The number of ether oxygens (including phenoxy) is 2. The zero-order valence-corrected chi connectivity index (χ0v) is 9.94. The first-order valence-corrected chi connectivity index (χ1v) is 6.08. The average molecular weight is 251 g/mol. The molecule has 0 N–H and O–H groups in total. The Morgan fingerprint density at radius 2 is 2.08 bits per heavy atom. The van der Waals surface area contributed by atoms with Crippen LogP contribution >= 0.6 is 15.9 Å². The summed E-state index contributed by atoms with van der Waals surface area (Å²) in [7, 11) is 1.77. The molecule has 1 fully saturated rings. The summed E-state index contributed by atoms with van der Waals surface area (Å²) in [5.74, 6) is 0. The topological polar surface area (TPSA) is 18.5 Å². The highest BCUT2D eigenvalue weighted by Crippen LogP contribution is 2.36. The molecule has 0 saturated carbocycles. The number of halogens is 1. The second-order valence-corrected chi connectivity index (χ2v) is 4.40. The lowest BCUT2D eigenvalue weighted by molar-refractivity contribution is 0.0187. The third-order valence-corrected chi connectivity index (χ3v) is 4.08. The Balaban J connectivity index is 2.29. The van der Waals surface area contributed by atoms with E-state index in [1.165, 1.54) is 25.7 Å². The molecule has 0 aromatic heterocycles. The molecule has 0 amide bonds. The molecule has 1 rings (SSSR count). The van der Waals surface area contributed by atoms with Gasteiger partial charge in [-0.1, -0.05) is 15.9 Å². The highest BCUT2D eigenvalue weighted by molar-refractivity contribution is 9.09. The van der Waals surface area contributed by atoms with Crippen LogP contribution in [0.2, 0.25) is 0 Å². The van der Waals surface area contributed by atoms with E-state index in [-0.39, 0.29) is 0 Å². The molecule has 0 bridgehead atoms. The molecule has 78 valence electrons. The molecule has 0 atom stereocenters. The van der Waals surface area contributed by atoms with E-state index < -0.39 is 0 Å². The molecule has 1 aliphatic heterocycles. The Hall–Kier alpha value is 0.400. The zero-order valence-electron chi connectivity index (χ0n) is 8.35. The number of hydrogen-bond donors (Lipinski definition) is 0. The largest absolute Gasteiger partial charge is 0.385 e. The molecule has 0 aromatic carbocycles. The van der Waals surface area contributed by atoms with Gasteiger partial charge in [-0.2, -0.15) is 0 Å². The predicted octanol–water partition coefficient (Wildman–Crippen LogP) is 2.60. The van der Waals surface area contributed by atoms with Crippen molar-refractivity contribution in [3.05, 3.63) is 0 Å². The van der Waals surface area contributed by atoms with Gasteiger partial charge in [0, 0.05) is 32.3 Å². The van der Waals surface area contributed by atoms with Gasteiger partial charge in [0.2, 0.25) is 0 Å². The van der Waals surface area contributed by atoms with Crippen LogP contribution in [-0.4, -0.2) is 32.3 Å². The molecule has 0 aromatic rings. The molecule has 1 heterocycles. The zero-order chi connectivity index (χ0) is 9.57. The number of hydrogen-bond acceptors (Lipinski definition) is 2. The quantitative estimate of drug-likeness (QED) is 0.552. The normalized spacial score (nSPS) is 21.7. The molecule has 0 spiro atoms. The summed E-state index contributed by atoms with van der Waals surface area (Å²) in [5.41, 5.74) is 0.483. The molecular formula is C10H19BrO2. The van der Waals surface area contributed by atoms with Crippen molar-refractivity contribution >= 4 is 15.9 Å². The van der Waals surface area contributed by atoms with Crippen molar-refractivity contribution in [1.29, 1.82) is 0 Å².